The van der Waals surface area contributed by atoms with Gasteiger partial charge in [-0.05, 0) is 11.6 Å². The summed E-state index contributed by atoms with van der Waals surface area (Å²) in [7, 11) is 1.72. The number of hydrogen-bond donors (Lipinski definition) is 1. The zero-order chi connectivity index (χ0) is 9.84. The van der Waals surface area contributed by atoms with Crippen molar-refractivity contribution in [3.63, 3.8) is 0 Å². The minimum Gasteiger partial charge on any atom is -0.395 e. The largest absolute Gasteiger partial charge is 0.395 e. The molecule has 13 heavy (non-hydrogen) atoms. The molecule has 0 aromatic carbocycles. The van der Waals surface area contributed by atoms with Gasteiger partial charge in [-0.1, -0.05) is 11.6 Å². The number of halogens is 2. The first-order valence-corrected chi connectivity index (χ1v) is 4.28. The average Bonchev–Trinajstić information content (AvgIpc) is 2.09. The molecular weight excluding hydrogens is 215 g/mol. The number of hydrogen-bond acceptors (Lipinski definition) is 5. The highest BCUT2D eigenvalue weighted by Crippen LogP contribution is 2.19. The fraction of sp³-hybridized carbons (Fsp3) is 0.500. The summed E-state index contributed by atoms with van der Waals surface area (Å²) in [6.45, 7) is 0.420. The van der Waals surface area contributed by atoms with Crippen molar-refractivity contribution < 1.29 is 5.11 Å². The molecule has 0 aliphatic rings. The molecule has 7 heteroatoms. The van der Waals surface area contributed by atoms with Crippen molar-refractivity contribution in [1.82, 2.24) is 15.2 Å². The van der Waals surface area contributed by atoms with E-state index in [1.54, 1.807) is 11.9 Å². The van der Waals surface area contributed by atoms with Crippen molar-refractivity contribution in [3.05, 3.63) is 10.4 Å². The zero-order valence-electron chi connectivity index (χ0n) is 6.91. The number of likely N-dealkylation sites (N-methyl/N-ethyl adjacent to an activating group) is 1. The summed E-state index contributed by atoms with van der Waals surface area (Å²) in [5.41, 5.74) is 0. The van der Waals surface area contributed by atoms with E-state index in [1.807, 2.05) is 0 Å². The van der Waals surface area contributed by atoms with E-state index in [-0.39, 0.29) is 17.0 Å². The Morgan fingerprint density at radius 1 is 1.38 bits per heavy atom. The van der Waals surface area contributed by atoms with Gasteiger partial charge >= 0.3 is 0 Å². The van der Waals surface area contributed by atoms with Crippen LogP contribution in [-0.2, 0) is 0 Å². The summed E-state index contributed by atoms with van der Waals surface area (Å²) in [6.07, 6.45) is 0. The summed E-state index contributed by atoms with van der Waals surface area (Å²) in [5.74, 6) is 0.413. The molecule has 72 valence electrons. The molecule has 0 unspecified atom stereocenters. The molecule has 0 bridgehead atoms. The first kappa shape index (κ1) is 10.4. The Morgan fingerprint density at radius 3 is 2.69 bits per heavy atom. The molecule has 1 N–H and O–H groups in total. The fourth-order valence-corrected chi connectivity index (χ4v) is 1.13. The Morgan fingerprint density at radius 2 is 2.08 bits per heavy atom. The third-order valence-corrected chi connectivity index (χ3v) is 1.80. The molecule has 0 amide bonds. The Bertz CT molecular complexity index is 296. The lowest BCUT2D eigenvalue weighted by Gasteiger charge is -2.16. The monoisotopic (exact) mass is 222 g/mol. The normalized spacial score (nSPS) is 10.2. The van der Waals surface area contributed by atoms with E-state index in [1.165, 1.54) is 0 Å². The number of anilines is 1. The highest BCUT2D eigenvalue weighted by atomic mass is 35.5. The Labute approximate surface area is 85.3 Å². The van der Waals surface area contributed by atoms with Crippen molar-refractivity contribution in [2.75, 3.05) is 25.1 Å². The molecule has 0 saturated carbocycles. The van der Waals surface area contributed by atoms with E-state index in [0.717, 1.165) is 0 Å². The maximum absolute atomic E-state index is 8.68. The van der Waals surface area contributed by atoms with Crippen LogP contribution >= 0.6 is 23.2 Å². The van der Waals surface area contributed by atoms with E-state index in [9.17, 15) is 0 Å². The maximum atomic E-state index is 8.68. The van der Waals surface area contributed by atoms with E-state index in [4.69, 9.17) is 28.3 Å². The van der Waals surface area contributed by atoms with Gasteiger partial charge in [0, 0.05) is 13.6 Å². The SMILES string of the molecule is CN(CCO)c1nc(Cl)nnc1Cl. The first-order valence-electron chi connectivity index (χ1n) is 3.53. The zero-order valence-corrected chi connectivity index (χ0v) is 8.42. The molecule has 1 aromatic rings. The van der Waals surface area contributed by atoms with E-state index in [0.29, 0.717) is 12.4 Å². The lowest BCUT2D eigenvalue weighted by Crippen LogP contribution is -2.23. The topological polar surface area (TPSA) is 62.1 Å². The summed E-state index contributed by atoms with van der Waals surface area (Å²) >= 11 is 11.2. The van der Waals surface area contributed by atoms with Crippen LogP contribution in [0.2, 0.25) is 10.4 Å². The van der Waals surface area contributed by atoms with Crippen LogP contribution in [0.5, 0.6) is 0 Å². The summed E-state index contributed by atoms with van der Waals surface area (Å²) in [4.78, 5) is 5.51. The van der Waals surface area contributed by atoms with Gasteiger partial charge in [0.2, 0.25) is 5.28 Å². The van der Waals surface area contributed by atoms with Crippen molar-refractivity contribution in [2.45, 2.75) is 0 Å². The molecule has 0 spiro atoms. The molecule has 5 nitrogen and oxygen atoms in total. The van der Waals surface area contributed by atoms with Crippen LogP contribution in [0, 0.1) is 0 Å². The highest BCUT2D eigenvalue weighted by Gasteiger charge is 2.09. The lowest BCUT2D eigenvalue weighted by molar-refractivity contribution is 0.304. The smallest absolute Gasteiger partial charge is 0.245 e. The Balaban J connectivity index is 2.91. The molecule has 1 aromatic heterocycles. The van der Waals surface area contributed by atoms with Crippen molar-refractivity contribution >= 4 is 29.0 Å². The molecule has 0 radical (unpaired) electrons. The number of nitrogens with zero attached hydrogens (tertiary/aromatic N) is 4. The Kier molecular flexibility index (Phi) is 3.65. The van der Waals surface area contributed by atoms with Gasteiger partial charge in [0.25, 0.3) is 0 Å². The third-order valence-electron chi connectivity index (χ3n) is 1.40. The molecule has 0 saturated heterocycles. The van der Waals surface area contributed by atoms with Gasteiger partial charge < -0.3 is 10.0 Å². The van der Waals surface area contributed by atoms with E-state index >= 15 is 0 Å². The predicted molar refractivity (Wildman–Crippen MR) is 50.2 cm³/mol. The quantitative estimate of drug-likeness (QED) is 0.813. The number of aromatic nitrogens is 3. The van der Waals surface area contributed by atoms with Crippen LogP contribution in [0.15, 0.2) is 0 Å². The highest BCUT2D eigenvalue weighted by molar-refractivity contribution is 6.32. The van der Waals surface area contributed by atoms with Gasteiger partial charge in [-0.15, -0.1) is 10.2 Å². The average molecular weight is 223 g/mol. The van der Waals surface area contributed by atoms with E-state index < -0.39 is 0 Å². The summed E-state index contributed by atoms with van der Waals surface area (Å²) < 4.78 is 0. The van der Waals surface area contributed by atoms with Gasteiger partial charge in [-0.25, -0.2) is 0 Å². The second-order valence-electron chi connectivity index (χ2n) is 2.34. The third kappa shape index (κ3) is 2.65. The minimum absolute atomic E-state index is 0.00838. The van der Waals surface area contributed by atoms with Gasteiger partial charge in [0.1, 0.15) is 0 Å². The molecule has 1 heterocycles. The second kappa shape index (κ2) is 4.55. The van der Waals surface area contributed by atoms with Crippen LogP contribution in [0.4, 0.5) is 5.82 Å². The van der Waals surface area contributed by atoms with Crippen LogP contribution in [0.1, 0.15) is 0 Å². The van der Waals surface area contributed by atoms with Crippen molar-refractivity contribution in [2.24, 2.45) is 0 Å². The van der Waals surface area contributed by atoms with Crippen LogP contribution < -0.4 is 4.90 Å². The maximum Gasteiger partial charge on any atom is 0.245 e. The van der Waals surface area contributed by atoms with Crippen LogP contribution in [0.3, 0.4) is 0 Å². The van der Waals surface area contributed by atoms with E-state index in [2.05, 4.69) is 15.2 Å². The summed E-state index contributed by atoms with van der Waals surface area (Å²) in [6, 6.07) is 0. The van der Waals surface area contributed by atoms with Gasteiger partial charge in [-0.2, -0.15) is 4.98 Å². The lowest BCUT2D eigenvalue weighted by atomic mass is 10.5. The molecular formula is C6H8Cl2N4O. The first-order chi connectivity index (χ1) is 6.15. The minimum atomic E-state index is 0.00838. The number of aliphatic hydroxyl groups excluding tert-OH is 1. The number of aliphatic hydroxyl groups is 1. The van der Waals surface area contributed by atoms with Crippen LogP contribution in [-0.4, -0.2) is 40.5 Å². The van der Waals surface area contributed by atoms with Crippen LogP contribution in [0.25, 0.3) is 0 Å². The summed E-state index contributed by atoms with van der Waals surface area (Å²) in [5, 5.41) is 15.9. The molecule has 0 fully saturated rings. The number of rotatable bonds is 3. The van der Waals surface area contributed by atoms with Gasteiger partial charge in [-0.3, -0.25) is 0 Å². The molecule has 1 rings (SSSR count). The fourth-order valence-electron chi connectivity index (χ4n) is 0.785. The Hall–Kier alpha value is -0.650. The van der Waals surface area contributed by atoms with Crippen molar-refractivity contribution in [1.29, 1.82) is 0 Å². The second-order valence-corrected chi connectivity index (χ2v) is 3.04. The molecule has 0 aliphatic heterocycles. The van der Waals surface area contributed by atoms with Gasteiger partial charge in [0.15, 0.2) is 11.0 Å². The van der Waals surface area contributed by atoms with Gasteiger partial charge in [0.05, 0.1) is 6.61 Å². The van der Waals surface area contributed by atoms with Crippen molar-refractivity contribution in [3.8, 4) is 0 Å². The molecule has 0 aliphatic carbocycles. The molecule has 0 atom stereocenters. The predicted octanol–water partition coefficient (Wildman–Crippen LogP) is 0.607. The standard InChI is InChI=1S/C6H8Cl2N4O/c1-12(2-3-13)5-4(7)10-11-6(8)9-5/h13H,2-3H2,1H3.